The minimum absolute atomic E-state index is 0.00612. The zero-order chi connectivity index (χ0) is 19.8. The van der Waals surface area contributed by atoms with Crippen molar-refractivity contribution in [1.82, 2.24) is 10.6 Å². The average molecular weight is 396 g/mol. The van der Waals surface area contributed by atoms with Gasteiger partial charge in [-0.3, -0.25) is 4.79 Å². The van der Waals surface area contributed by atoms with Gasteiger partial charge in [0.15, 0.2) is 11.6 Å². The van der Waals surface area contributed by atoms with E-state index in [1.165, 1.54) is 19.2 Å². The Morgan fingerprint density at radius 1 is 1.52 bits per heavy atom. The smallest absolute Gasteiger partial charge is 0.258 e. The molecule has 1 fully saturated rings. The number of nitrogens with one attached hydrogen (secondary N) is 2. The van der Waals surface area contributed by atoms with Crippen LogP contribution in [0.1, 0.15) is 12.0 Å². The van der Waals surface area contributed by atoms with Gasteiger partial charge in [0.25, 0.3) is 5.91 Å². The molecule has 0 bridgehead atoms. The molecule has 1 atom stereocenters. The van der Waals surface area contributed by atoms with Gasteiger partial charge in [-0.25, -0.2) is 9.38 Å². The van der Waals surface area contributed by atoms with Crippen molar-refractivity contribution in [1.29, 1.82) is 0 Å². The highest BCUT2D eigenvalue weighted by Crippen LogP contribution is 2.22. The third kappa shape index (κ3) is 5.80. The number of halogens is 2. The fraction of sp³-hybridized carbons (Fsp3) is 0.368. The highest BCUT2D eigenvalue weighted by atomic mass is 35.5. The fourth-order valence-corrected chi connectivity index (χ4v) is 2.84. The van der Waals surface area contributed by atoms with Crippen molar-refractivity contribution < 1.29 is 18.7 Å². The molecule has 2 rings (SSSR count). The van der Waals surface area contributed by atoms with E-state index in [0.717, 1.165) is 19.5 Å². The van der Waals surface area contributed by atoms with E-state index in [4.69, 9.17) is 21.1 Å². The van der Waals surface area contributed by atoms with Gasteiger partial charge in [0.05, 0.1) is 18.7 Å². The molecule has 1 saturated heterocycles. The van der Waals surface area contributed by atoms with Crippen LogP contribution in [0.25, 0.3) is 0 Å². The number of amides is 1. The lowest BCUT2D eigenvalue weighted by molar-refractivity contribution is -0.117. The molecule has 1 aliphatic heterocycles. The van der Waals surface area contributed by atoms with Gasteiger partial charge < -0.3 is 20.1 Å². The second-order valence-corrected chi connectivity index (χ2v) is 6.52. The number of methoxy groups -OCH3 is 1. The lowest BCUT2D eigenvalue weighted by atomic mass is 10.1. The number of ether oxygens (including phenoxy) is 2. The van der Waals surface area contributed by atoms with Crippen molar-refractivity contribution in [3.63, 3.8) is 0 Å². The molecule has 1 aromatic carbocycles. The molecule has 0 aromatic heterocycles. The monoisotopic (exact) mass is 395 g/mol. The van der Waals surface area contributed by atoms with Gasteiger partial charge in [0.1, 0.15) is 5.57 Å². The quantitative estimate of drug-likeness (QED) is 0.292. The van der Waals surface area contributed by atoms with Gasteiger partial charge >= 0.3 is 0 Å². The average Bonchev–Trinajstić information content (AvgIpc) is 3.16. The molecule has 146 valence electrons. The summed E-state index contributed by atoms with van der Waals surface area (Å²) in [6.45, 7) is 9.32. The van der Waals surface area contributed by atoms with Crippen LogP contribution in [0.2, 0.25) is 0 Å². The molecular weight excluding hydrogens is 373 g/mol. The maximum atomic E-state index is 13.8. The highest BCUT2D eigenvalue weighted by molar-refractivity contribution is 6.35. The maximum Gasteiger partial charge on any atom is 0.258 e. The van der Waals surface area contributed by atoms with Gasteiger partial charge in [-0.15, -0.1) is 0 Å². The number of rotatable bonds is 9. The molecule has 1 unspecified atom stereocenters. The fourth-order valence-electron chi connectivity index (χ4n) is 2.68. The lowest BCUT2D eigenvalue weighted by Crippen LogP contribution is -2.26. The maximum absolute atomic E-state index is 13.8. The van der Waals surface area contributed by atoms with Gasteiger partial charge in [0.2, 0.25) is 5.88 Å². The number of nitrogens with zero attached hydrogens (tertiary/aromatic N) is 1. The second kappa shape index (κ2) is 10.1. The van der Waals surface area contributed by atoms with Crippen LogP contribution in [0.3, 0.4) is 0 Å². The van der Waals surface area contributed by atoms with Crippen molar-refractivity contribution in [2.75, 3.05) is 26.8 Å². The van der Waals surface area contributed by atoms with Crippen molar-refractivity contribution in [3.05, 3.63) is 52.6 Å². The third-order valence-corrected chi connectivity index (χ3v) is 4.33. The van der Waals surface area contributed by atoms with Gasteiger partial charge in [0, 0.05) is 19.0 Å². The van der Waals surface area contributed by atoms with Crippen LogP contribution >= 0.6 is 11.6 Å². The van der Waals surface area contributed by atoms with E-state index in [-0.39, 0.29) is 28.8 Å². The number of hydrogen-bond donors (Lipinski definition) is 2. The SMILES string of the molecule is C=N/C(OCC1CCNC1)=C(\C(=C)Cl)C(=O)NCc1ccc(OC)c(F)c1. The Balaban J connectivity index is 2.06. The van der Waals surface area contributed by atoms with E-state index >= 15 is 0 Å². The summed E-state index contributed by atoms with van der Waals surface area (Å²) < 4.78 is 24.3. The Bertz CT molecular complexity index is 746. The first-order valence-electron chi connectivity index (χ1n) is 8.46. The van der Waals surface area contributed by atoms with E-state index in [1.54, 1.807) is 6.07 Å². The summed E-state index contributed by atoms with van der Waals surface area (Å²) in [6.07, 6.45) is 0.983. The molecule has 0 spiro atoms. The molecule has 27 heavy (non-hydrogen) atoms. The van der Waals surface area contributed by atoms with Crippen LogP contribution in [0.5, 0.6) is 5.75 Å². The Morgan fingerprint density at radius 3 is 2.85 bits per heavy atom. The van der Waals surface area contributed by atoms with Gasteiger partial charge in [-0.1, -0.05) is 24.2 Å². The first-order valence-corrected chi connectivity index (χ1v) is 8.84. The first-order chi connectivity index (χ1) is 13.0. The van der Waals surface area contributed by atoms with E-state index in [1.807, 2.05) is 0 Å². The highest BCUT2D eigenvalue weighted by Gasteiger charge is 2.21. The number of hydrogen-bond acceptors (Lipinski definition) is 5. The molecule has 0 aliphatic carbocycles. The molecule has 6 nitrogen and oxygen atoms in total. The Labute approximate surface area is 163 Å². The summed E-state index contributed by atoms with van der Waals surface area (Å²) >= 11 is 5.98. The van der Waals surface area contributed by atoms with Crippen LogP contribution in [-0.4, -0.2) is 39.4 Å². The largest absolute Gasteiger partial charge is 0.494 e. The molecule has 2 N–H and O–H groups in total. The topological polar surface area (TPSA) is 72.0 Å². The van der Waals surface area contributed by atoms with Crippen molar-refractivity contribution >= 4 is 24.2 Å². The molecular formula is C19H23ClFN3O3. The normalized spacial score (nSPS) is 17.1. The summed E-state index contributed by atoms with van der Waals surface area (Å²) in [4.78, 5) is 16.3. The van der Waals surface area contributed by atoms with E-state index in [2.05, 4.69) is 28.9 Å². The standard InChI is InChI=1S/C19H23ClFN3O3/c1-12(20)17(19(22-2)27-11-14-6-7-23-9-14)18(25)24-10-13-4-5-16(26-3)15(21)8-13/h4-5,8,14,23H,1-2,6-7,9-11H2,3H3,(H,24,25)/b19-17-. The Kier molecular flexibility index (Phi) is 7.82. The van der Waals surface area contributed by atoms with Crippen molar-refractivity contribution in [2.45, 2.75) is 13.0 Å². The summed E-state index contributed by atoms with van der Waals surface area (Å²) in [5, 5.41) is 5.88. The van der Waals surface area contributed by atoms with Crippen molar-refractivity contribution in [3.8, 4) is 5.75 Å². The number of benzene rings is 1. The van der Waals surface area contributed by atoms with E-state index < -0.39 is 11.7 Å². The van der Waals surface area contributed by atoms with Crippen LogP contribution in [0.15, 0.2) is 46.3 Å². The van der Waals surface area contributed by atoms with E-state index in [9.17, 15) is 9.18 Å². The first kappa shape index (κ1) is 20.9. The Morgan fingerprint density at radius 2 is 2.30 bits per heavy atom. The zero-order valence-corrected chi connectivity index (χ0v) is 15.9. The number of aliphatic imine (C=N–C) groups is 1. The summed E-state index contributed by atoms with van der Waals surface area (Å²) in [7, 11) is 1.38. The van der Waals surface area contributed by atoms with Crippen LogP contribution in [0.4, 0.5) is 4.39 Å². The molecule has 0 saturated carbocycles. The van der Waals surface area contributed by atoms with E-state index in [0.29, 0.717) is 18.1 Å². The molecule has 0 radical (unpaired) electrons. The molecule has 1 aromatic rings. The van der Waals surface area contributed by atoms with Crippen LogP contribution in [-0.2, 0) is 16.1 Å². The molecule has 8 heteroatoms. The predicted molar refractivity (Wildman–Crippen MR) is 103 cm³/mol. The lowest BCUT2D eigenvalue weighted by Gasteiger charge is -2.15. The number of carbonyl (C=O) groups excluding carboxylic acids is 1. The Hall–Kier alpha value is -2.38. The molecule has 1 heterocycles. The second-order valence-electron chi connectivity index (χ2n) is 6.06. The molecule has 1 aliphatic rings. The summed E-state index contributed by atoms with van der Waals surface area (Å²) in [5.74, 6) is -0.549. The van der Waals surface area contributed by atoms with Gasteiger partial charge in [-0.05, 0) is 37.4 Å². The minimum Gasteiger partial charge on any atom is -0.494 e. The molecule has 1 amide bonds. The third-order valence-electron chi connectivity index (χ3n) is 4.14. The summed E-state index contributed by atoms with van der Waals surface area (Å²) in [6, 6.07) is 4.43. The zero-order valence-electron chi connectivity index (χ0n) is 15.2. The van der Waals surface area contributed by atoms with Crippen molar-refractivity contribution in [2.24, 2.45) is 10.9 Å². The van der Waals surface area contributed by atoms with Crippen LogP contribution < -0.4 is 15.4 Å². The number of carbonyl (C=O) groups is 1. The predicted octanol–water partition coefficient (Wildman–Crippen LogP) is 2.74. The van der Waals surface area contributed by atoms with Gasteiger partial charge in [-0.2, -0.15) is 0 Å². The van der Waals surface area contributed by atoms with Crippen LogP contribution in [0, 0.1) is 11.7 Å². The minimum atomic E-state index is -0.529. The summed E-state index contributed by atoms with van der Waals surface area (Å²) in [5.41, 5.74) is 0.568.